The maximum atomic E-state index is 13.6. The van der Waals surface area contributed by atoms with Crippen LogP contribution in [0.25, 0.3) is 0 Å². The van der Waals surface area contributed by atoms with E-state index < -0.39 is 71.4 Å². The molecule has 0 amide bonds. The van der Waals surface area contributed by atoms with Crippen LogP contribution in [0.3, 0.4) is 0 Å². The van der Waals surface area contributed by atoms with Crippen LogP contribution in [0.1, 0.15) is 162 Å². The number of nitrogens with two attached hydrogens (primary N) is 2. The van der Waals surface area contributed by atoms with Crippen molar-refractivity contribution < 1.29 is 142 Å². The minimum Gasteiger partial charge on any atom is -1.00 e. The fourth-order valence-corrected chi connectivity index (χ4v) is 20.3. The van der Waals surface area contributed by atoms with Crippen molar-refractivity contribution in [1.82, 2.24) is 0 Å². The molecule has 12 aromatic carbocycles. The van der Waals surface area contributed by atoms with E-state index in [2.05, 4.69) is 138 Å². The molecule has 10 N–H and O–H groups in total. The molecule has 648 valence electrons. The van der Waals surface area contributed by atoms with E-state index in [0.717, 1.165) is 22.3 Å². The van der Waals surface area contributed by atoms with Crippen molar-refractivity contribution >= 4 is 243 Å². The van der Waals surface area contributed by atoms with Gasteiger partial charge in [-0.1, -0.05) is 161 Å². The zero-order chi connectivity index (χ0) is 89.4. The molecule has 24 nitrogen and oxygen atoms in total. The number of quaternary nitrogens is 2. The zero-order valence-corrected chi connectivity index (χ0v) is 81.7. The zero-order valence-electron chi connectivity index (χ0n) is 65.8. The van der Waals surface area contributed by atoms with Crippen LogP contribution in [0.15, 0.2) is 230 Å². The van der Waals surface area contributed by atoms with Gasteiger partial charge in [0.15, 0.2) is 34.7 Å². The van der Waals surface area contributed by atoms with Crippen molar-refractivity contribution in [2.24, 2.45) is 0 Å². The van der Waals surface area contributed by atoms with E-state index >= 15 is 0 Å². The second kappa shape index (κ2) is 40.6. The first-order valence-electron chi connectivity index (χ1n) is 38.4. The van der Waals surface area contributed by atoms with Gasteiger partial charge >= 0.3 is 23.9 Å². The molecule has 128 heavy (non-hydrogen) atoms. The predicted octanol–water partition coefficient (Wildman–Crippen LogP) is 12.5. The SMILES string of the molecule is O=C(CC(=O)OCCc1cc(Nc2ccc(O)c3c2C(=O)c2ccccc2C3=O)c(Br)cc1Br)OCCc1cc(Nc2ccc(O)c3c2C(=O)c2ccccc2C3=O)c(Br)cc1Br.O=C(CC(=O)OCCc1cc([NH2+]c2ccc(O)c3c2C(=O)c2ccccc2C3=O)c(Br)cc1Br)OCCc1cc([NH2+]c2ccc(O)c3c2C(=O)c2ccccc2C3=O)c(Br)cc1Br.[Br-].[Br-]. The van der Waals surface area contributed by atoms with E-state index in [1.807, 2.05) is 24.3 Å². The molecule has 0 saturated heterocycles. The normalized spacial score (nSPS) is 12.4. The number of phenolic OH excluding ortho intramolecular Hbond substituents is 4. The molecular formula is C94H62Br10N4O20. The van der Waals surface area contributed by atoms with Gasteiger partial charge in [0.25, 0.3) is 0 Å². The molecule has 4 aliphatic carbocycles. The maximum Gasteiger partial charge on any atom is 0.317 e. The van der Waals surface area contributed by atoms with Crippen LogP contribution >= 0.6 is 127 Å². The minimum atomic E-state index is -0.782. The van der Waals surface area contributed by atoms with Crippen molar-refractivity contribution in [3.05, 3.63) is 341 Å². The Hall–Kier alpha value is -10.6. The number of fused-ring (bicyclic) bond motifs is 8. The molecule has 4 aliphatic rings. The van der Waals surface area contributed by atoms with Gasteiger partial charge in [0.2, 0.25) is 11.6 Å². The number of anilines is 4. The second-order valence-electron chi connectivity index (χ2n) is 29.0. The number of ketones is 8. The van der Waals surface area contributed by atoms with Crippen LogP contribution in [0.5, 0.6) is 23.0 Å². The lowest BCUT2D eigenvalue weighted by Crippen LogP contribution is -3.00. The summed E-state index contributed by atoms with van der Waals surface area (Å²) in [5, 5.41) is 52.3. The molecule has 0 heterocycles. The third-order valence-corrected chi connectivity index (χ3v) is 26.8. The van der Waals surface area contributed by atoms with Gasteiger partial charge in [-0.3, -0.25) is 68.2 Å². The average Bonchev–Trinajstić information content (AvgIpc) is 0.756. The lowest BCUT2D eigenvalue weighted by molar-refractivity contribution is -0.480. The van der Waals surface area contributed by atoms with Crippen LogP contribution in [-0.4, -0.2) is 117 Å². The minimum absolute atomic E-state index is 0. The van der Waals surface area contributed by atoms with Gasteiger partial charge in [0, 0.05) is 121 Å². The number of esters is 4. The third kappa shape index (κ3) is 19.6. The Morgan fingerprint density at radius 3 is 0.758 bits per heavy atom. The second-order valence-corrected chi connectivity index (χ2v) is 35.8. The Morgan fingerprint density at radius 2 is 0.484 bits per heavy atom. The Balaban J connectivity index is 0.000000215. The van der Waals surface area contributed by atoms with Gasteiger partial charge in [0.05, 0.1) is 103 Å². The number of hydrogen-bond acceptors (Lipinski definition) is 22. The van der Waals surface area contributed by atoms with E-state index in [-0.39, 0.29) is 210 Å². The van der Waals surface area contributed by atoms with Crippen LogP contribution in [0, 0.1) is 0 Å². The summed E-state index contributed by atoms with van der Waals surface area (Å²) in [4.78, 5) is 158. The summed E-state index contributed by atoms with van der Waals surface area (Å²) in [6.45, 7) is -0.234. The highest BCUT2D eigenvalue weighted by molar-refractivity contribution is 9.12. The highest BCUT2D eigenvalue weighted by atomic mass is 79.9. The summed E-state index contributed by atoms with van der Waals surface area (Å²) < 4.78 is 26.9. The number of carbonyl (C=O) groups is 12. The van der Waals surface area contributed by atoms with Gasteiger partial charge in [-0.05, 0) is 159 Å². The molecule has 0 spiro atoms. The van der Waals surface area contributed by atoms with E-state index in [0.29, 0.717) is 81.3 Å². The summed E-state index contributed by atoms with van der Waals surface area (Å²) in [7, 11) is 0. The van der Waals surface area contributed by atoms with Gasteiger partial charge in [-0.15, -0.1) is 0 Å². The first-order chi connectivity index (χ1) is 60.4. The fraction of sp³-hybridized carbons (Fsp3) is 0.106. The molecule has 0 bridgehead atoms. The van der Waals surface area contributed by atoms with Crippen LogP contribution in [0.2, 0.25) is 0 Å². The molecular weight excluding hydrogens is 2300 g/mol. The summed E-state index contributed by atoms with van der Waals surface area (Å²) in [6, 6.07) is 52.0. The molecule has 0 fully saturated rings. The van der Waals surface area contributed by atoms with Gasteiger partial charge in [0.1, 0.15) is 58.6 Å². The number of rotatable bonds is 24. The number of ether oxygens (including phenoxy) is 4. The Bertz CT molecular complexity index is 5980. The standard InChI is InChI=1S/2C47H30Br4N2O10.2BrH/c2*48-28-19-30(50)34(52-32-9-11-36(54)42-40(32)44(58)24-5-1-3-7-26(24)46(42)60)17-22(28)13-15-62-38(56)21-39(57)63-16-14-23-18-35(31(51)20-29(23)49)53-33-10-12-37(55)43-41(33)45(59)25-6-2-4-8-27(25)47(43)61;;/h2*1-12,17-20,52-55H,13-16,21H2;2*1H. The summed E-state index contributed by atoms with van der Waals surface area (Å²) in [5.41, 5.74) is 8.82. The average molecular weight is 2370 g/mol. The molecule has 0 saturated carbocycles. The Kier molecular flexibility index (Phi) is 30.1. The predicted molar refractivity (Wildman–Crippen MR) is 490 cm³/mol. The van der Waals surface area contributed by atoms with Crippen LogP contribution in [-0.2, 0) is 63.8 Å². The number of hydrogen-bond donors (Lipinski definition) is 8. The summed E-state index contributed by atoms with van der Waals surface area (Å²) in [6.07, 6.45) is -0.177. The van der Waals surface area contributed by atoms with Gasteiger partial charge < -0.3 is 84.0 Å². The highest BCUT2D eigenvalue weighted by Gasteiger charge is 2.40. The molecule has 0 radical (unpaired) electrons. The number of phenols is 4. The fourth-order valence-electron chi connectivity index (χ4n) is 15.1. The molecule has 0 unspecified atom stereocenters. The quantitative estimate of drug-likeness (QED) is 0.00915. The number of aromatic hydroxyl groups is 4. The van der Waals surface area contributed by atoms with Gasteiger partial charge in [-0.2, -0.15) is 0 Å². The van der Waals surface area contributed by atoms with E-state index in [9.17, 15) is 78.0 Å². The first-order valence-corrected chi connectivity index (χ1v) is 44.7. The van der Waals surface area contributed by atoms with Crippen molar-refractivity contribution in [3.8, 4) is 23.0 Å². The summed E-state index contributed by atoms with van der Waals surface area (Å²) >= 11 is 28.4. The Labute approximate surface area is 816 Å². The smallest absolute Gasteiger partial charge is 0.317 e. The molecule has 34 heteroatoms. The van der Waals surface area contributed by atoms with Crippen LogP contribution < -0.4 is 55.2 Å². The number of benzene rings is 12. The molecule has 0 atom stereocenters. The maximum absolute atomic E-state index is 13.6. The third-order valence-electron chi connectivity index (χ3n) is 21.2. The number of nitrogens with one attached hydrogen (secondary N) is 2. The van der Waals surface area contributed by atoms with E-state index in [1.54, 1.807) is 144 Å². The lowest BCUT2D eigenvalue weighted by atomic mass is 9.82. The first kappa shape index (κ1) is 95.0. The highest BCUT2D eigenvalue weighted by Crippen LogP contribution is 2.45. The lowest BCUT2D eigenvalue weighted by Gasteiger charge is -2.22. The molecule has 12 aromatic rings. The summed E-state index contributed by atoms with van der Waals surface area (Å²) in [5.74, 6) is -7.62. The van der Waals surface area contributed by atoms with Gasteiger partial charge in [-0.25, -0.2) is 0 Å². The van der Waals surface area contributed by atoms with E-state index in [4.69, 9.17) is 18.9 Å². The van der Waals surface area contributed by atoms with Crippen molar-refractivity contribution in [2.45, 2.75) is 38.5 Å². The molecule has 0 aliphatic heterocycles. The van der Waals surface area contributed by atoms with Crippen LogP contribution in [0.4, 0.5) is 45.5 Å². The van der Waals surface area contributed by atoms with E-state index in [1.165, 1.54) is 36.4 Å². The Morgan fingerprint density at radius 1 is 0.258 bits per heavy atom. The largest absolute Gasteiger partial charge is 1.00 e. The van der Waals surface area contributed by atoms with Crippen molar-refractivity contribution in [2.75, 3.05) is 37.1 Å². The molecule has 0 aromatic heterocycles. The monoisotopic (exact) mass is 2360 g/mol. The number of halogens is 10. The topological polar surface area (TPSA) is 380 Å². The van der Waals surface area contributed by atoms with Crippen molar-refractivity contribution in [1.29, 1.82) is 0 Å². The number of carbonyl (C=O) groups excluding carboxylic acids is 12. The van der Waals surface area contributed by atoms with Crippen molar-refractivity contribution in [3.63, 3.8) is 0 Å². The molecule has 16 rings (SSSR count).